The zero-order valence-electron chi connectivity index (χ0n) is 21.1. The summed E-state index contributed by atoms with van der Waals surface area (Å²) in [5.74, 6) is -3.74. The molecule has 0 atom stereocenters. The highest BCUT2D eigenvalue weighted by atomic mass is 32.2. The number of rotatable bonds is 8. The summed E-state index contributed by atoms with van der Waals surface area (Å²) < 4.78 is 61.0. The first-order valence-electron chi connectivity index (χ1n) is 12.5. The van der Waals surface area contributed by atoms with E-state index >= 15 is 0 Å². The van der Waals surface area contributed by atoms with Crippen LogP contribution in [0, 0.1) is 11.6 Å². The topological polar surface area (TPSA) is 116 Å². The molecule has 2 aromatic heterocycles. The Kier molecular flexibility index (Phi) is 7.49. The molecule has 204 valence electrons. The van der Waals surface area contributed by atoms with Gasteiger partial charge >= 0.3 is 0 Å². The summed E-state index contributed by atoms with van der Waals surface area (Å²) in [4.78, 5) is 22.6. The summed E-state index contributed by atoms with van der Waals surface area (Å²) in [6, 6.07) is 13.4. The molecule has 1 aliphatic heterocycles. The van der Waals surface area contributed by atoms with Crippen LogP contribution in [0.2, 0.25) is 0 Å². The minimum atomic E-state index is -3.84. The molecule has 5 rings (SSSR count). The standard InChI is InChI=1S/C27H27F2N5O4S/c1-2-13-39(36,37)33-22-8-7-21(28)24(25(22)29)27(35)31-19-14-18-15-23(32-26(18)30-16-19)17-3-5-20(6-4-17)34-9-11-38-12-10-34/h3-8,14-16,33H,2,9-13H2,1H3,(H,30,32)(H,31,35). The fourth-order valence-corrected chi connectivity index (χ4v) is 5.57. The molecule has 1 fully saturated rings. The minimum Gasteiger partial charge on any atom is -0.378 e. The molecule has 1 aliphatic rings. The average Bonchev–Trinajstić information content (AvgIpc) is 3.34. The number of anilines is 3. The SMILES string of the molecule is CCCS(=O)(=O)Nc1ccc(F)c(C(=O)Nc2cnc3[nH]c(-c4ccc(N5CCOCC5)cc4)cc3c2)c1F. The lowest BCUT2D eigenvalue weighted by atomic mass is 10.1. The van der Waals surface area contributed by atoms with Gasteiger partial charge in [-0.1, -0.05) is 19.1 Å². The first kappa shape index (κ1) is 26.6. The number of H-pyrrole nitrogens is 1. The number of carbonyl (C=O) groups excluding carboxylic acids is 1. The largest absolute Gasteiger partial charge is 0.378 e. The van der Waals surface area contributed by atoms with Crippen molar-refractivity contribution in [3.8, 4) is 11.3 Å². The van der Waals surface area contributed by atoms with Crippen LogP contribution < -0.4 is 14.9 Å². The Morgan fingerprint density at radius 3 is 2.56 bits per heavy atom. The number of fused-ring (bicyclic) bond motifs is 1. The molecule has 0 spiro atoms. The highest BCUT2D eigenvalue weighted by Gasteiger charge is 2.23. The molecule has 39 heavy (non-hydrogen) atoms. The highest BCUT2D eigenvalue weighted by molar-refractivity contribution is 7.92. The Labute approximate surface area is 224 Å². The second kappa shape index (κ2) is 11.0. The number of ether oxygens (including phenoxy) is 1. The van der Waals surface area contributed by atoms with Gasteiger partial charge in [-0.05, 0) is 48.4 Å². The number of sulfonamides is 1. The second-order valence-corrected chi connectivity index (χ2v) is 11.0. The molecule has 4 aromatic rings. The van der Waals surface area contributed by atoms with E-state index in [2.05, 4.69) is 24.9 Å². The molecule has 0 unspecified atom stereocenters. The average molecular weight is 556 g/mol. The van der Waals surface area contributed by atoms with E-state index in [1.165, 1.54) is 6.20 Å². The lowest BCUT2D eigenvalue weighted by molar-refractivity contribution is 0.101. The van der Waals surface area contributed by atoms with E-state index in [1.807, 2.05) is 30.3 Å². The second-order valence-electron chi connectivity index (χ2n) is 9.15. The van der Waals surface area contributed by atoms with Crippen LogP contribution in [0.15, 0.2) is 54.7 Å². The van der Waals surface area contributed by atoms with E-state index in [0.717, 1.165) is 42.2 Å². The van der Waals surface area contributed by atoms with Crippen LogP contribution in [-0.2, 0) is 14.8 Å². The zero-order chi connectivity index (χ0) is 27.6. The first-order valence-corrected chi connectivity index (χ1v) is 14.1. The lowest BCUT2D eigenvalue weighted by Crippen LogP contribution is -2.36. The smallest absolute Gasteiger partial charge is 0.261 e. The number of carbonyl (C=O) groups is 1. The van der Waals surface area contributed by atoms with Crippen LogP contribution in [0.3, 0.4) is 0 Å². The molecule has 2 aromatic carbocycles. The number of aromatic amines is 1. The maximum atomic E-state index is 15.0. The number of aromatic nitrogens is 2. The molecular formula is C27H27F2N5O4S. The van der Waals surface area contributed by atoms with Crippen molar-refractivity contribution in [2.45, 2.75) is 13.3 Å². The maximum absolute atomic E-state index is 15.0. The summed E-state index contributed by atoms with van der Waals surface area (Å²) in [5, 5.41) is 3.13. The number of pyridine rings is 1. The van der Waals surface area contributed by atoms with Gasteiger partial charge in [0.2, 0.25) is 10.0 Å². The van der Waals surface area contributed by atoms with Gasteiger partial charge in [0.1, 0.15) is 17.0 Å². The van der Waals surface area contributed by atoms with E-state index in [1.54, 1.807) is 13.0 Å². The van der Waals surface area contributed by atoms with Crippen molar-refractivity contribution in [1.29, 1.82) is 0 Å². The van der Waals surface area contributed by atoms with Crippen LogP contribution in [0.4, 0.5) is 25.8 Å². The summed E-state index contributed by atoms with van der Waals surface area (Å²) in [7, 11) is -3.84. The van der Waals surface area contributed by atoms with E-state index in [9.17, 15) is 22.0 Å². The third-order valence-electron chi connectivity index (χ3n) is 6.34. The summed E-state index contributed by atoms with van der Waals surface area (Å²) in [5.41, 5.74) is 2.27. The molecule has 9 nitrogen and oxygen atoms in total. The third kappa shape index (κ3) is 5.86. The number of morpholine rings is 1. The zero-order valence-corrected chi connectivity index (χ0v) is 21.9. The van der Waals surface area contributed by atoms with E-state index in [0.29, 0.717) is 30.7 Å². The van der Waals surface area contributed by atoms with E-state index in [4.69, 9.17) is 4.74 Å². The minimum absolute atomic E-state index is 0.219. The van der Waals surface area contributed by atoms with Crippen molar-refractivity contribution in [3.63, 3.8) is 0 Å². The van der Waals surface area contributed by atoms with Crippen LogP contribution in [0.25, 0.3) is 22.3 Å². The fourth-order valence-electron chi connectivity index (χ4n) is 4.43. The quantitative estimate of drug-likeness (QED) is 0.289. The van der Waals surface area contributed by atoms with Crippen LogP contribution in [-0.4, -0.2) is 56.3 Å². The van der Waals surface area contributed by atoms with Crippen LogP contribution in [0.1, 0.15) is 23.7 Å². The van der Waals surface area contributed by atoms with Gasteiger partial charge in [-0.3, -0.25) is 9.52 Å². The van der Waals surface area contributed by atoms with Crippen LogP contribution in [0.5, 0.6) is 0 Å². The molecule has 1 amide bonds. The number of nitrogens with zero attached hydrogens (tertiary/aromatic N) is 2. The monoisotopic (exact) mass is 555 g/mol. The normalized spacial score (nSPS) is 14.0. The van der Waals surface area contributed by atoms with Gasteiger partial charge in [-0.25, -0.2) is 22.2 Å². The molecule has 0 bridgehead atoms. The maximum Gasteiger partial charge on any atom is 0.261 e. The number of nitrogens with one attached hydrogen (secondary N) is 3. The van der Waals surface area contributed by atoms with Gasteiger partial charge in [-0.15, -0.1) is 0 Å². The fraction of sp³-hybridized carbons (Fsp3) is 0.259. The number of benzene rings is 2. The van der Waals surface area contributed by atoms with Gasteiger partial charge in [0, 0.05) is 29.9 Å². The Hall–Kier alpha value is -4.03. The first-order chi connectivity index (χ1) is 18.7. The lowest BCUT2D eigenvalue weighted by Gasteiger charge is -2.28. The number of hydrogen-bond acceptors (Lipinski definition) is 6. The number of amides is 1. The van der Waals surface area contributed by atoms with Gasteiger partial charge in [0.05, 0.1) is 36.5 Å². The van der Waals surface area contributed by atoms with Gasteiger partial charge < -0.3 is 19.9 Å². The van der Waals surface area contributed by atoms with E-state index in [-0.39, 0.29) is 11.4 Å². The number of hydrogen-bond donors (Lipinski definition) is 3. The number of halogens is 2. The van der Waals surface area contributed by atoms with Crippen molar-refractivity contribution in [3.05, 3.63) is 71.9 Å². The van der Waals surface area contributed by atoms with Gasteiger partial charge in [0.25, 0.3) is 5.91 Å². The van der Waals surface area contributed by atoms with Crippen molar-refractivity contribution in [2.75, 3.05) is 47.0 Å². The van der Waals surface area contributed by atoms with Crippen molar-refractivity contribution >= 4 is 44.0 Å². The summed E-state index contributed by atoms with van der Waals surface area (Å²) in [6.45, 7) is 4.75. The van der Waals surface area contributed by atoms with Gasteiger partial charge in [-0.2, -0.15) is 0 Å². The van der Waals surface area contributed by atoms with Crippen molar-refractivity contribution < 1.29 is 26.7 Å². The Morgan fingerprint density at radius 1 is 1.10 bits per heavy atom. The molecule has 0 saturated carbocycles. The van der Waals surface area contributed by atoms with E-state index < -0.39 is 38.8 Å². The molecule has 3 heterocycles. The molecule has 0 radical (unpaired) electrons. The summed E-state index contributed by atoms with van der Waals surface area (Å²) in [6.07, 6.45) is 1.67. The third-order valence-corrected chi connectivity index (χ3v) is 7.82. The van der Waals surface area contributed by atoms with Crippen LogP contribution >= 0.6 is 0 Å². The molecular weight excluding hydrogens is 528 g/mol. The molecule has 1 saturated heterocycles. The summed E-state index contributed by atoms with van der Waals surface area (Å²) >= 11 is 0. The Bertz CT molecular complexity index is 1620. The Balaban J connectivity index is 1.35. The molecule has 12 heteroatoms. The van der Waals surface area contributed by atoms with Crippen molar-refractivity contribution in [1.82, 2.24) is 9.97 Å². The van der Waals surface area contributed by atoms with Crippen molar-refractivity contribution in [2.24, 2.45) is 0 Å². The predicted octanol–water partition coefficient (Wildman–Crippen LogP) is 4.75. The Morgan fingerprint density at radius 2 is 1.85 bits per heavy atom. The molecule has 0 aliphatic carbocycles. The predicted molar refractivity (Wildman–Crippen MR) is 147 cm³/mol. The highest BCUT2D eigenvalue weighted by Crippen LogP contribution is 2.28. The van der Waals surface area contributed by atoms with Gasteiger partial charge in [0.15, 0.2) is 5.82 Å². The molecule has 3 N–H and O–H groups in total.